The van der Waals surface area contributed by atoms with Gasteiger partial charge in [0.2, 0.25) is 10.0 Å². The molecule has 12 heavy (non-hydrogen) atoms. The van der Waals surface area contributed by atoms with E-state index in [1.54, 1.807) is 6.92 Å². The first-order chi connectivity index (χ1) is 5.45. The van der Waals surface area contributed by atoms with Crippen molar-refractivity contribution in [1.29, 1.82) is 0 Å². The highest BCUT2D eigenvalue weighted by Gasteiger charge is 2.14. The molecule has 0 radical (unpaired) electrons. The molecular weight excluding hydrogens is 196 g/mol. The van der Waals surface area contributed by atoms with Crippen LogP contribution in [0.4, 0.5) is 0 Å². The van der Waals surface area contributed by atoms with Crippen molar-refractivity contribution in [2.24, 2.45) is 10.9 Å². The number of hydrogen-bond acceptors (Lipinski definition) is 4. The Kier molecular flexibility index (Phi) is 2.52. The Balaban J connectivity index is 3.27. The van der Waals surface area contributed by atoms with Gasteiger partial charge in [-0.1, -0.05) is 0 Å². The topological polar surface area (TPSA) is 86.2 Å². The molecule has 1 aromatic rings. The highest BCUT2D eigenvalue weighted by molar-refractivity contribution is 7.89. The Morgan fingerprint density at radius 3 is 2.42 bits per heavy atom. The minimum atomic E-state index is -3.57. The first-order valence-corrected chi connectivity index (χ1v) is 5.63. The average Bonchev–Trinajstić information content (AvgIpc) is 2.29. The number of nitrogens with two attached hydrogens (primary N) is 2. The predicted octanol–water partition coefficient (Wildman–Crippen LogP) is 0.163. The van der Waals surface area contributed by atoms with Gasteiger partial charge in [-0.05, 0) is 13.0 Å². The summed E-state index contributed by atoms with van der Waals surface area (Å²) >= 11 is 1.36. The van der Waals surface area contributed by atoms with Gasteiger partial charge < -0.3 is 5.73 Å². The third-order valence-corrected chi connectivity index (χ3v) is 3.67. The number of primary sulfonamides is 1. The second kappa shape index (κ2) is 3.14. The molecular formula is C6H10N2O2S2. The first kappa shape index (κ1) is 9.66. The van der Waals surface area contributed by atoms with Crippen LogP contribution in [0.1, 0.15) is 9.75 Å². The van der Waals surface area contributed by atoms with Gasteiger partial charge in [-0.25, -0.2) is 13.6 Å². The molecule has 0 unspecified atom stereocenters. The van der Waals surface area contributed by atoms with Crippen molar-refractivity contribution in [2.75, 3.05) is 0 Å². The third kappa shape index (κ3) is 1.84. The second-order valence-electron chi connectivity index (χ2n) is 2.38. The van der Waals surface area contributed by atoms with E-state index in [4.69, 9.17) is 10.9 Å². The lowest BCUT2D eigenvalue weighted by molar-refractivity contribution is 0.597. The van der Waals surface area contributed by atoms with E-state index < -0.39 is 10.0 Å². The molecule has 0 aliphatic heterocycles. The molecule has 0 atom stereocenters. The van der Waals surface area contributed by atoms with E-state index in [0.29, 0.717) is 11.4 Å². The summed E-state index contributed by atoms with van der Waals surface area (Å²) in [5.41, 5.74) is 5.35. The smallest absolute Gasteiger partial charge is 0.239 e. The second-order valence-corrected chi connectivity index (χ2v) is 5.25. The summed E-state index contributed by atoms with van der Waals surface area (Å²) in [5.74, 6) is 0. The molecule has 1 rings (SSSR count). The fraction of sp³-hybridized carbons (Fsp3) is 0.333. The minimum absolute atomic E-state index is 0.188. The summed E-state index contributed by atoms with van der Waals surface area (Å²) in [6, 6.07) is 1.52. The maximum atomic E-state index is 10.9. The van der Waals surface area contributed by atoms with Gasteiger partial charge in [-0.2, -0.15) is 0 Å². The molecule has 1 aromatic heterocycles. The SMILES string of the molecule is Cc1sc(CN)cc1S(N)(=O)=O. The van der Waals surface area contributed by atoms with Crippen molar-refractivity contribution in [3.05, 3.63) is 15.8 Å². The number of hydrogen-bond donors (Lipinski definition) is 2. The van der Waals surface area contributed by atoms with Crippen LogP contribution in [-0.2, 0) is 16.6 Å². The number of sulfonamides is 1. The standard InChI is InChI=1S/C6H10N2O2S2/c1-4-6(12(8,9)10)2-5(3-7)11-4/h2H,3,7H2,1H3,(H2,8,9,10). The predicted molar refractivity (Wildman–Crippen MR) is 48.3 cm³/mol. The highest BCUT2D eigenvalue weighted by Crippen LogP contribution is 2.23. The zero-order valence-electron chi connectivity index (χ0n) is 6.57. The normalized spacial score (nSPS) is 11.9. The van der Waals surface area contributed by atoms with E-state index in [1.807, 2.05) is 0 Å². The number of aryl methyl sites for hydroxylation is 1. The molecule has 0 fully saturated rings. The van der Waals surface area contributed by atoms with Crippen LogP contribution in [0.15, 0.2) is 11.0 Å². The van der Waals surface area contributed by atoms with E-state index in [2.05, 4.69) is 0 Å². The lowest BCUT2D eigenvalue weighted by atomic mass is 10.4. The Morgan fingerprint density at radius 2 is 2.17 bits per heavy atom. The molecule has 0 spiro atoms. The van der Waals surface area contributed by atoms with Crippen molar-refractivity contribution < 1.29 is 8.42 Å². The molecule has 0 aromatic carbocycles. The van der Waals surface area contributed by atoms with Crippen LogP contribution < -0.4 is 10.9 Å². The van der Waals surface area contributed by atoms with E-state index >= 15 is 0 Å². The summed E-state index contributed by atoms with van der Waals surface area (Å²) in [5, 5.41) is 4.96. The molecule has 0 saturated carbocycles. The van der Waals surface area contributed by atoms with Gasteiger partial charge >= 0.3 is 0 Å². The summed E-state index contributed by atoms with van der Waals surface area (Å²) in [6.07, 6.45) is 0. The lowest BCUT2D eigenvalue weighted by Gasteiger charge is -1.92. The number of thiophene rings is 1. The first-order valence-electron chi connectivity index (χ1n) is 3.27. The van der Waals surface area contributed by atoms with Crippen LogP contribution in [0, 0.1) is 6.92 Å². The van der Waals surface area contributed by atoms with Crippen LogP contribution in [-0.4, -0.2) is 8.42 Å². The van der Waals surface area contributed by atoms with Gasteiger partial charge in [0.05, 0.1) is 4.90 Å². The fourth-order valence-corrected chi connectivity index (χ4v) is 2.98. The van der Waals surface area contributed by atoms with Crippen molar-refractivity contribution in [1.82, 2.24) is 0 Å². The van der Waals surface area contributed by atoms with Crippen LogP contribution in [0.5, 0.6) is 0 Å². The average molecular weight is 206 g/mol. The number of rotatable bonds is 2. The van der Waals surface area contributed by atoms with Gasteiger partial charge in [-0.3, -0.25) is 0 Å². The van der Waals surface area contributed by atoms with Gasteiger partial charge in [-0.15, -0.1) is 11.3 Å². The molecule has 4 N–H and O–H groups in total. The molecule has 0 bridgehead atoms. The summed E-state index contributed by atoms with van der Waals surface area (Å²) < 4.78 is 21.9. The maximum Gasteiger partial charge on any atom is 0.239 e. The zero-order valence-corrected chi connectivity index (χ0v) is 8.21. The van der Waals surface area contributed by atoms with Gasteiger partial charge in [0.1, 0.15) is 0 Å². The molecule has 0 aliphatic rings. The molecule has 6 heteroatoms. The van der Waals surface area contributed by atoms with Crippen LogP contribution in [0.3, 0.4) is 0 Å². The third-order valence-electron chi connectivity index (χ3n) is 1.43. The van der Waals surface area contributed by atoms with Gasteiger partial charge in [0.25, 0.3) is 0 Å². The van der Waals surface area contributed by atoms with Crippen molar-refractivity contribution in [2.45, 2.75) is 18.4 Å². The Hall–Kier alpha value is -0.430. The Bertz CT molecular complexity index is 380. The molecule has 1 heterocycles. The summed E-state index contributed by atoms with van der Waals surface area (Å²) in [7, 11) is -3.57. The van der Waals surface area contributed by atoms with Crippen molar-refractivity contribution in [3.8, 4) is 0 Å². The molecule has 0 saturated heterocycles. The van der Waals surface area contributed by atoms with Gasteiger partial charge in [0, 0.05) is 16.3 Å². The molecule has 0 aliphatic carbocycles. The highest BCUT2D eigenvalue weighted by atomic mass is 32.2. The van der Waals surface area contributed by atoms with E-state index in [1.165, 1.54) is 17.4 Å². The fourth-order valence-electron chi connectivity index (χ4n) is 0.907. The van der Waals surface area contributed by atoms with Gasteiger partial charge in [0.15, 0.2) is 0 Å². The van der Waals surface area contributed by atoms with E-state index in [-0.39, 0.29) is 4.90 Å². The van der Waals surface area contributed by atoms with Crippen LogP contribution in [0.25, 0.3) is 0 Å². The maximum absolute atomic E-state index is 10.9. The lowest BCUT2D eigenvalue weighted by Crippen LogP contribution is -2.12. The van der Waals surface area contributed by atoms with Crippen molar-refractivity contribution >= 4 is 21.4 Å². The van der Waals surface area contributed by atoms with Crippen molar-refractivity contribution in [3.63, 3.8) is 0 Å². The quantitative estimate of drug-likeness (QED) is 0.722. The minimum Gasteiger partial charge on any atom is -0.326 e. The monoisotopic (exact) mass is 206 g/mol. The Labute approximate surface area is 75.2 Å². The zero-order chi connectivity index (χ0) is 9.35. The van der Waals surface area contributed by atoms with Crippen LogP contribution in [0.2, 0.25) is 0 Å². The van der Waals surface area contributed by atoms with E-state index in [0.717, 1.165) is 4.88 Å². The molecule has 68 valence electrons. The molecule has 4 nitrogen and oxygen atoms in total. The summed E-state index contributed by atoms with van der Waals surface area (Å²) in [4.78, 5) is 1.71. The van der Waals surface area contributed by atoms with E-state index in [9.17, 15) is 8.42 Å². The Morgan fingerprint density at radius 1 is 1.58 bits per heavy atom. The molecule has 0 amide bonds. The van der Waals surface area contributed by atoms with Crippen LogP contribution >= 0.6 is 11.3 Å². The largest absolute Gasteiger partial charge is 0.326 e. The summed E-state index contributed by atoms with van der Waals surface area (Å²) in [6.45, 7) is 2.06.